The first kappa shape index (κ1) is 17.5. The van der Waals surface area contributed by atoms with E-state index in [1.54, 1.807) is 7.11 Å². The minimum absolute atomic E-state index is 0.0536. The van der Waals surface area contributed by atoms with E-state index in [2.05, 4.69) is 9.71 Å². The molecular weight excluding hydrogens is 294 g/mol. The largest absolute Gasteiger partial charge is 0.382 e. The van der Waals surface area contributed by atoms with Crippen molar-refractivity contribution in [1.29, 1.82) is 5.26 Å². The van der Waals surface area contributed by atoms with Gasteiger partial charge < -0.3 is 9.47 Å². The number of sulfonamides is 1. The first-order valence-corrected chi connectivity index (χ1v) is 8.01. The van der Waals surface area contributed by atoms with Crippen LogP contribution in [0.3, 0.4) is 0 Å². The summed E-state index contributed by atoms with van der Waals surface area (Å²) in [7, 11) is -1.96. The fraction of sp³-hybridized carbons (Fsp3) is 0.538. The molecule has 1 aromatic rings. The Balaban J connectivity index is 2.28. The smallest absolute Gasteiger partial charge is 0.242 e. The molecule has 0 saturated heterocycles. The van der Waals surface area contributed by atoms with Gasteiger partial charge in [-0.25, -0.2) is 18.1 Å². The topological polar surface area (TPSA) is 101 Å². The summed E-state index contributed by atoms with van der Waals surface area (Å²) in [4.78, 5) is 3.79. The molecule has 0 aliphatic rings. The molecule has 1 heterocycles. The van der Waals surface area contributed by atoms with Gasteiger partial charge in [0.15, 0.2) is 0 Å². The second-order valence-electron chi connectivity index (χ2n) is 4.20. The van der Waals surface area contributed by atoms with E-state index in [0.29, 0.717) is 32.8 Å². The number of hydrogen-bond donors (Lipinski definition) is 1. The lowest BCUT2D eigenvalue weighted by Crippen LogP contribution is -2.25. The van der Waals surface area contributed by atoms with E-state index in [9.17, 15) is 8.42 Å². The van der Waals surface area contributed by atoms with Crippen LogP contribution in [0.1, 0.15) is 18.5 Å². The zero-order valence-corrected chi connectivity index (χ0v) is 12.7. The summed E-state index contributed by atoms with van der Waals surface area (Å²) in [6.07, 6.45) is 2.61. The van der Waals surface area contributed by atoms with Gasteiger partial charge in [0.05, 0.1) is 13.2 Å². The lowest BCUT2D eigenvalue weighted by atomic mass is 10.3. The molecule has 0 radical (unpaired) electrons. The number of hydrogen-bond acceptors (Lipinski definition) is 6. The van der Waals surface area contributed by atoms with E-state index in [4.69, 9.17) is 14.7 Å². The molecule has 0 bridgehead atoms. The third-order valence-electron chi connectivity index (χ3n) is 2.60. The van der Waals surface area contributed by atoms with Crippen LogP contribution in [-0.4, -0.2) is 46.9 Å². The van der Waals surface area contributed by atoms with Crippen LogP contribution in [0.5, 0.6) is 0 Å². The highest BCUT2D eigenvalue weighted by molar-refractivity contribution is 7.89. The van der Waals surface area contributed by atoms with Gasteiger partial charge >= 0.3 is 0 Å². The van der Waals surface area contributed by atoms with Crippen molar-refractivity contribution < 1.29 is 17.9 Å². The zero-order valence-electron chi connectivity index (χ0n) is 11.9. The average Bonchev–Trinajstić information content (AvgIpc) is 2.50. The molecule has 0 aromatic carbocycles. The molecule has 0 unspecified atom stereocenters. The number of unbranched alkanes of at least 4 members (excludes halogenated alkanes) is 1. The molecular formula is C13H19N3O4S. The van der Waals surface area contributed by atoms with Crippen molar-refractivity contribution in [1.82, 2.24) is 9.71 Å². The van der Waals surface area contributed by atoms with Crippen LogP contribution < -0.4 is 4.72 Å². The highest BCUT2D eigenvalue weighted by Gasteiger charge is 2.13. The zero-order chi connectivity index (χ0) is 15.6. The Kier molecular flexibility index (Phi) is 7.85. The Morgan fingerprint density at radius 2 is 2.10 bits per heavy atom. The number of ether oxygens (including phenoxy) is 2. The molecule has 1 N–H and O–H groups in total. The number of aromatic nitrogens is 1. The second-order valence-corrected chi connectivity index (χ2v) is 5.97. The van der Waals surface area contributed by atoms with Crippen molar-refractivity contribution in [3.63, 3.8) is 0 Å². The minimum Gasteiger partial charge on any atom is -0.382 e. The maximum Gasteiger partial charge on any atom is 0.242 e. The van der Waals surface area contributed by atoms with Crippen molar-refractivity contribution in [2.45, 2.75) is 17.7 Å². The third-order valence-corrected chi connectivity index (χ3v) is 4.05. The van der Waals surface area contributed by atoms with Crippen LogP contribution in [0.25, 0.3) is 0 Å². The van der Waals surface area contributed by atoms with E-state index >= 15 is 0 Å². The van der Waals surface area contributed by atoms with E-state index in [-0.39, 0.29) is 10.6 Å². The molecule has 0 fully saturated rings. The molecule has 8 heteroatoms. The number of methoxy groups -OCH3 is 1. The van der Waals surface area contributed by atoms with Gasteiger partial charge in [-0.15, -0.1) is 0 Å². The Morgan fingerprint density at radius 3 is 2.71 bits per heavy atom. The Morgan fingerprint density at radius 1 is 1.29 bits per heavy atom. The highest BCUT2D eigenvalue weighted by Crippen LogP contribution is 2.07. The summed E-state index contributed by atoms with van der Waals surface area (Å²) in [5.74, 6) is 0. The SMILES string of the molecule is COCCOCCCCNS(=O)(=O)c1ccc(C#N)nc1. The van der Waals surface area contributed by atoms with Crippen LogP contribution in [0, 0.1) is 11.3 Å². The lowest BCUT2D eigenvalue weighted by Gasteiger charge is -2.07. The predicted octanol–water partition coefficient (Wildman–Crippen LogP) is 0.675. The molecule has 0 aliphatic heterocycles. The predicted molar refractivity (Wildman–Crippen MR) is 76.1 cm³/mol. The van der Waals surface area contributed by atoms with Crippen molar-refractivity contribution in [2.75, 3.05) is 33.5 Å². The Labute approximate surface area is 125 Å². The standard InChI is InChI=1S/C13H19N3O4S/c1-19-8-9-20-7-3-2-6-16-21(17,18)13-5-4-12(10-14)15-11-13/h4-5,11,16H,2-3,6-9H2,1H3. The molecule has 21 heavy (non-hydrogen) atoms. The number of nitrogens with one attached hydrogen (secondary N) is 1. The number of pyridine rings is 1. The summed E-state index contributed by atoms with van der Waals surface area (Å²) in [5.41, 5.74) is 0.183. The van der Waals surface area contributed by atoms with Gasteiger partial charge in [-0.1, -0.05) is 0 Å². The van der Waals surface area contributed by atoms with Gasteiger partial charge in [-0.2, -0.15) is 5.26 Å². The van der Waals surface area contributed by atoms with Gasteiger partial charge in [-0.05, 0) is 25.0 Å². The normalized spacial score (nSPS) is 11.2. The third kappa shape index (κ3) is 6.64. The van der Waals surface area contributed by atoms with Gasteiger partial charge in [0.25, 0.3) is 0 Å². The fourth-order valence-electron chi connectivity index (χ4n) is 1.47. The summed E-state index contributed by atoms with van der Waals surface area (Å²) in [5, 5.41) is 8.61. The van der Waals surface area contributed by atoms with Crippen LogP contribution in [0.15, 0.2) is 23.2 Å². The van der Waals surface area contributed by atoms with Gasteiger partial charge in [-0.3, -0.25) is 0 Å². The summed E-state index contributed by atoms with van der Waals surface area (Å²) < 4.78 is 36.4. The lowest BCUT2D eigenvalue weighted by molar-refractivity contribution is 0.0689. The molecule has 1 rings (SSSR count). The number of nitriles is 1. The summed E-state index contributed by atoms with van der Waals surface area (Å²) in [6.45, 7) is 2.00. The summed E-state index contributed by atoms with van der Waals surface area (Å²) in [6, 6.07) is 4.57. The Bertz CT molecular complexity index is 552. The van der Waals surface area contributed by atoms with E-state index in [1.807, 2.05) is 6.07 Å². The summed E-state index contributed by atoms with van der Waals surface area (Å²) >= 11 is 0. The van der Waals surface area contributed by atoms with Crippen LogP contribution >= 0.6 is 0 Å². The fourth-order valence-corrected chi connectivity index (χ4v) is 2.49. The molecule has 116 valence electrons. The van der Waals surface area contributed by atoms with E-state index in [0.717, 1.165) is 6.42 Å². The van der Waals surface area contributed by atoms with Gasteiger partial charge in [0.2, 0.25) is 10.0 Å². The quantitative estimate of drug-likeness (QED) is 0.637. The van der Waals surface area contributed by atoms with Crippen molar-refractivity contribution >= 4 is 10.0 Å². The molecule has 0 aliphatic carbocycles. The van der Waals surface area contributed by atoms with Crippen molar-refractivity contribution in [3.05, 3.63) is 24.0 Å². The maximum absolute atomic E-state index is 11.9. The highest BCUT2D eigenvalue weighted by atomic mass is 32.2. The van der Waals surface area contributed by atoms with Crippen molar-refractivity contribution in [2.24, 2.45) is 0 Å². The average molecular weight is 313 g/mol. The van der Waals surface area contributed by atoms with Gasteiger partial charge in [0.1, 0.15) is 16.7 Å². The monoisotopic (exact) mass is 313 g/mol. The van der Waals surface area contributed by atoms with Crippen molar-refractivity contribution in [3.8, 4) is 6.07 Å². The molecule has 0 spiro atoms. The second kappa shape index (κ2) is 9.41. The molecule has 1 aromatic heterocycles. The maximum atomic E-state index is 11.9. The first-order valence-electron chi connectivity index (χ1n) is 6.52. The first-order chi connectivity index (χ1) is 10.1. The van der Waals surface area contributed by atoms with Gasteiger partial charge in [0, 0.05) is 26.5 Å². The van der Waals surface area contributed by atoms with Crippen LogP contribution in [0.4, 0.5) is 0 Å². The van der Waals surface area contributed by atoms with Crippen LogP contribution in [0.2, 0.25) is 0 Å². The van der Waals surface area contributed by atoms with E-state index in [1.165, 1.54) is 18.3 Å². The van der Waals surface area contributed by atoms with E-state index < -0.39 is 10.0 Å². The Hall–Kier alpha value is -1.53. The number of rotatable bonds is 10. The molecule has 7 nitrogen and oxygen atoms in total. The number of nitrogens with zero attached hydrogens (tertiary/aromatic N) is 2. The minimum atomic E-state index is -3.57. The molecule has 0 atom stereocenters. The molecule has 0 saturated carbocycles. The molecule has 0 amide bonds. The van der Waals surface area contributed by atoms with Crippen LogP contribution in [-0.2, 0) is 19.5 Å².